The Morgan fingerprint density at radius 1 is 1.45 bits per heavy atom. The predicted molar refractivity (Wildman–Crippen MR) is 90.2 cm³/mol. The number of aryl methyl sites for hydroxylation is 1. The first-order valence-electron chi connectivity index (χ1n) is 7.55. The van der Waals surface area contributed by atoms with Crippen LogP contribution >= 0.6 is 0 Å². The summed E-state index contributed by atoms with van der Waals surface area (Å²) < 4.78 is 13.2. The highest BCUT2D eigenvalue weighted by atomic mass is 19.1. The van der Waals surface area contributed by atoms with Crippen LogP contribution in [0.2, 0.25) is 0 Å². The molecule has 4 heteroatoms. The zero-order valence-electron chi connectivity index (χ0n) is 13.8. The average Bonchev–Trinajstić information content (AvgIpc) is 2.82. The number of aliphatic imine (C=N–C) groups is 1. The van der Waals surface area contributed by atoms with Crippen molar-refractivity contribution in [3.8, 4) is 0 Å². The van der Waals surface area contributed by atoms with Crippen molar-refractivity contribution in [2.75, 3.05) is 13.6 Å². The highest BCUT2D eigenvalue weighted by Gasteiger charge is 2.31. The van der Waals surface area contributed by atoms with E-state index in [1.807, 2.05) is 20.8 Å². The minimum Gasteiger partial charge on any atom is -0.378 e. The van der Waals surface area contributed by atoms with E-state index in [2.05, 4.69) is 29.6 Å². The number of hydrogen-bond acceptors (Lipinski definition) is 3. The highest BCUT2D eigenvalue weighted by Crippen LogP contribution is 2.23. The van der Waals surface area contributed by atoms with Crippen molar-refractivity contribution in [1.29, 1.82) is 0 Å². The van der Waals surface area contributed by atoms with Gasteiger partial charge in [-0.1, -0.05) is 6.58 Å². The fourth-order valence-corrected chi connectivity index (χ4v) is 2.96. The Hall–Kier alpha value is -1.90. The molecule has 1 saturated heterocycles. The Morgan fingerprint density at radius 3 is 2.82 bits per heavy atom. The van der Waals surface area contributed by atoms with E-state index in [1.165, 1.54) is 12.1 Å². The van der Waals surface area contributed by atoms with Gasteiger partial charge in [-0.15, -0.1) is 5.73 Å². The Labute approximate surface area is 132 Å². The van der Waals surface area contributed by atoms with Gasteiger partial charge in [0.15, 0.2) is 0 Å². The smallest absolute Gasteiger partial charge is 0.123 e. The molecule has 0 aromatic heterocycles. The molecule has 3 nitrogen and oxygen atoms in total. The molecule has 0 aliphatic carbocycles. The van der Waals surface area contributed by atoms with Gasteiger partial charge in [0.1, 0.15) is 5.82 Å². The minimum atomic E-state index is -0.219. The molecular formula is C18H24FN3. The van der Waals surface area contributed by atoms with Gasteiger partial charge >= 0.3 is 0 Å². The summed E-state index contributed by atoms with van der Waals surface area (Å²) in [5, 5.41) is 3.42. The van der Waals surface area contributed by atoms with E-state index in [9.17, 15) is 4.39 Å². The quantitative estimate of drug-likeness (QED) is 0.680. The van der Waals surface area contributed by atoms with Crippen molar-refractivity contribution < 1.29 is 4.39 Å². The first-order chi connectivity index (χ1) is 10.4. The SMILES string of the molecule is C=C=C(C)NC1C[C@@H](C(C)=Nc2ccc(F)cc2C)N(C)C1. The van der Waals surface area contributed by atoms with Gasteiger partial charge in [0.25, 0.3) is 0 Å². The van der Waals surface area contributed by atoms with Crippen LogP contribution in [0.4, 0.5) is 10.1 Å². The van der Waals surface area contributed by atoms with Crippen molar-refractivity contribution in [2.45, 2.75) is 39.3 Å². The lowest BCUT2D eigenvalue weighted by Gasteiger charge is -2.19. The van der Waals surface area contributed by atoms with Gasteiger partial charge in [0.05, 0.1) is 11.4 Å². The number of likely N-dealkylation sites (tertiary alicyclic amines) is 1. The maximum atomic E-state index is 13.2. The van der Waals surface area contributed by atoms with Crippen molar-refractivity contribution >= 4 is 11.4 Å². The molecule has 1 aromatic rings. The summed E-state index contributed by atoms with van der Waals surface area (Å²) in [5.41, 5.74) is 6.61. The lowest BCUT2D eigenvalue weighted by molar-refractivity contribution is 0.365. The van der Waals surface area contributed by atoms with E-state index in [0.717, 1.165) is 35.6 Å². The maximum absolute atomic E-state index is 13.2. The zero-order chi connectivity index (χ0) is 16.3. The summed E-state index contributed by atoms with van der Waals surface area (Å²) in [4.78, 5) is 7.01. The fraction of sp³-hybridized carbons (Fsp3) is 0.444. The first kappa shape index (κ1) is 16.5. The number of allylic oxidation sites excluding steroid dienone is 1. The summed E-state index contributed by atoms with van der Waals surface area (Å²) in [6, 6.07) is 5.39. The molecule has 1 aromatic carbocycles. The molecule has 1 aliphatic heterocycles. The summed E-state index contributed by atoms with van der Waals surface area (Å²) in [7, 11) is 2.11. The van der Waals surface area contributed by atoms with Crippen LogP contribution in [0.25, 0.3) is 0 Å². The van der Waals surface area contributed by atoms with Crippen molar-refractivity contribution in [3.05, 3.63) is 47.6 Å². The van der Waals surface area contributed by atoms with Crippen LogP contribution in [0.3, 0.4) is 0 Å². The number of nitrogens with zero attached hydrogens (tertiary/aromatic N) is 2. The van der Waals surface area contributed by atoms with Crippen LogP contribution in [0.5, 0.6) is 0 Å². The molecule has 1 heterocycles. The highest BCUT2D eigenvalue weighted by molar-refractivity contribution is 5.90. The van der Waals surface area contributed by atoms with Gasteiger partial charge in [0, 0.05) is 24.3 Å². The Morgan fingerprint density at radius 2 is 2.18 bits per heavy atom. The number of benzene rings is 1. The molecule has 2 atom stereocenters. The van der Waals surface area contributed by atoms with Crippen molar-refractivity contribution in [2.24, 2.45) is 4.99 Å². The van der Waals surface area contributed by atoms with Crippen LogP contribution in [-0.4, -0.2) is 36.3 Å². The maximum Gasteiger partial charge on any atom is 0.123 e. The van der Waals surface area contributed by atoms with Gasteiger partial charge in [-0.05, 0) is 58.0 Å². The largest absolute Gasteiger partial charge is 0.378 e. The van der Waals surface area contributed by atoms with Crippen molar-refractivity contribution in [1.82, 2.24) is 10.2 Å². The van der Waals surface area contributed by atoms with E-state index in [4.69, 9.17) is 4.99 Å². The fourth-order valence-electron chi connectivity index (χ4n) is 2.96. The van der Waals surface area contributed by atoms with Gasteiger partial charge in [0.2, 0.25) is 0 Å². The lowest BCUT2D eigenvalue weighted by atomic mass is 10.1. The second kappa shape index (κ2) is 6.91. The lowest BCUT2D eigenvalue weighted by Crippen LogP contribution is -2.31. The number of likely N-dealkylation sites (N-methyl/N-ethyl adjacent to an activating group) is 1. The molecule has 1 fully saturated rings. The molecule has 0 amide bonds. The Bertz CT molecular complexity index is 629. The topological polar surface area (TPSA) is 27.6 Å². The number of hydrogen-bond donors (Lipinski definition) is 1. The van der Waals surface area contributed by atoms with Gasteiger partial charge < -0.3 is 5.32 Å². The Balaban J connectivity index is 2.13. The average molecular weight is 301 g/mol. The third-order valence-corrected chi connectivity index (χ3v) is 4.17. The van der Waals surface area contributed by atoms with Crippen LogP contribution in [0.15, 0.2) is 41.2 Å². The van der Waals surface area contributed by atoms with Crippen LogP contribution in [0, 0.1) is 12.7 Å². The van der Waals surface area contributed by atoms with E-state index >= 15 is 0 Å². The molecule has 0 saturated carbocycles. The second-order valence-electron chi connectivity index (χ2n) is 6.02. The molecule has 1 N–H and O–H groups in total. The Kier molecular flexibility index (Phi) is 5.17. The monoisotopic (exact) mass is 301 g/mol. The van der Waals surface area contributed by atoms with E-state index in [1.54, 1.807) is 6.07 Å². The van der Waals surface area contributed by atoms with Gasteiger partial charge in [-0.25, -0.2) is 4.39 Å². The molecule has 1 unspecified atom stereocenters. The molecule has 2 rings (SSSR count). The van der Waals surface area contributed by atoms with Gasteiger partial charge in [-0.3, -0.25) is 9.89 Å². The second-order valence-corrected chi connectivity index (χ2v) is 6.02. The first-order valence-corrected chi connectivity index (χ1v) is 7.55. The van der Waals surface area contributed by atoms with Crippen LogP contribution in [-0.2, 0) is 0 Å². The van der Waals surface area contributed by atoms with E-state index < -0.39 is 0 Å². The number of halogens is 1. The molecule has 118 valence electrons. The van der Waals surface area contributed by atoms with Crippen LogP contribution < -0.4 is 5.32 Å². The number of nitrogens with one attached hydrogen (secondary N) is 1. The van der Waals surface area contributed by atoms with Crippen LogP contribution in [0.1, 0.15) is 25.8 Å². The standard InChI is InChI=1S/C18H24FN3/c1-6-13(3)20-16-10-18(22(5)11-16)14(4)21-17-8-7-15(19)9-12(17)2/h7-9,16,18,20H,1,10-11H2,2-5H3/t16?,18-/m0/s1. The zero-order valence-corrected chi connectivity index (χ0v) is 13.8. The third kappa shape index (κ3) is 3.85. The normalized spacial score (nSPS) is 22.5. The molecule has 1 aliphatic rings. The minimum absolute atomic E-state index is 0.219. The molecule has 0 spiro atoms. The predicted octanol–water partition coefficient (Wildman–Crippen LogP) is 3.58. The molecule has 0 radical (unpaired) electrons. The summed E-state index contributed by atoms with van der Waals surface area (Å²) in [5.74, 6) is -0.219. The molecule has 0 bridgehead atoms. The molecule has 22 heavy (non-hydrogen) atoms. The number of rotatable bonds is 4. The van der Waals surface area contributed by atoms with Crippen molar-refractivity contribution in [3.63, 3.8) is 0 Å². The van der Waals surface area contributed by atoms with E-state index in [0.29, 0.717) is 12.1 Å². The summed E-state index contributed by atoms with van der Waals surface area (Å²) >= 11 is 0. The summed E-state index contributed by atoms with van der Waals surface area (Å²) in [6.07, 6.45) is 0.991. The van der Waals surface area contributed by atoms with Gasteiger partial charge in [-0.2, -0.15) is 0 Å². The molecular weight excluding hydrogens is 277 g/mol. The van der Waals surface area contributed by atoms with E-state index in [-0.39, 0.29) is 5.82 Å². The third-order valence-electron chi connectivity index (χ3n) is 4.17. The summed E-state index contributed by atoms with van der Waals surface area (Å²) in [6.45, 7) is 10.5.